The first kappa shape index (κ1) is 7.06. The van der Waals surface area contributed by atoms with E-state index in [1.807, 2.05) is 0 Å². The Morgan fingerprint density at radius 1 is 1.38 bits per heavy atom. The molecule has 0 aromatic rings. The maximum absolute atomic E-state index is 10.8. The summed E-state index contributed by atoms with van der Waals surface area (Å²) in [5, 5.41) is 0.191. The SMILES string of the molecule is O=[NH+]C(=O)C(F)(F)F. The van der Waals surface area contributed by atoms with E-state index in [2.05, 4.69) is 0 Å². The van der Waals surface area contributed by atoms with Crippen LogP contribution in [0.25, 0.3) is 0 Å². The van der Waals surface area contributed by atoms with E-state index in [0.29, 0.717) is 0 Å². The Morgan fingerprint density at radius 3 is 1.75 bits per heavy atom. The van der Waals surface area contributed by atoms with Gasteiger partial charge in [-0.05, 0) is 0 Å². The first-order valence-electron chi connectivity index (χ1n) is 1.48. The number of hydrogen-bond donors (Lipinski definition) is 1. The molecule has 0 radical (unpaired) electrons. The molecule has 1 N–H and O–H groups in total. The van der Waals surface area contributed by atoms with Crippen molar-refractivity contribution in [1.82, 2.24) is 0 Å². The van der Waals surface area contributed by atoms with Crippen LogP contribution in [0.1, 0.15) is 0 Å². The van der Waals surface area contributed by atoms with Crippen LogP contribution in [0, 0.1) is 4.91 Å². The van der Waals surface area contributed by atoms with Gasteiger partial charge in [0.05, 0.1) is 5.18 Å². The van der Waals surface area contributed by atoms with Crippen molar-refractivity contribution in [3.05, 3.63) is 4.91 Å². The highest BCUT2D eigenvalue weighted by Gasteiger charge is 2.46. The molecule has 0 bridgehead atoms. The highest BCUT2D eigenvalue weighted by atomic mass is 19.4. The Balaban J connectivity index is 4.02. The van der Waals surface area contributed by atoms with Gasteiger partial charge in [-0.25, -0.2) is 4.79 Å². The molecule has 0 heterocycles. The Labute approximate surface area is 41.5 Å². The summed E-state index contributed by atoms with van der Waals surface area (Å²) >= 11 is 0. The normalized spacial score (nSPS) is 10.9. The first-order valence-corrected chi connectivity index (χ1v) is 1.48. The second-order valence-electron chi connectivity index (χ2n) is 0.929. The van der Waals surface area contributed by atoms with Gasteiger partial charge >= 0.3 is 12.1 Å². The van der Waals surface area contributed by atoms with Crippen LogP contribution in [0.4, 0.5) is 13.2 Å². The fourth-order valence-electron chi connectivity index (χ4n) is 0.0579. The van der Waals surface area contributed by atoms with Crippen molar-refractivity contribution in [2.45, 2.75) is 6.18 Å². The number of rotatable bonds is 0. The topological polar surface area (TPSA) is 48.1 Å². The lowest BCUT2D eigenvalue weighted by atomic mass is 10.6. The molecular weight excluding hydrogens is 127 g/mol. The van der Waals surface area contributed by atoms with E-state index in [-0.39, 0.29) is 5.18 Å². The minimum absolute atomic E-state index is 0.191. The minimum atomic E-state index is -5.05. The molecule has 0 aliphatic rings. The highest BCUT2D eigenvalue weighted by molar-refractivity contribution is 5.71. The predicted octanol–water partition coefficient (Wildman–Crippen LogP) is -1.08. The maximum Gasteiger partial charge on any atom is 0.536 e. The summed E-state index contributed by atoms with van der Waals surface area (Å²) in [6, 6.07) is 0. The molecule has 3 nitrogen and oxygen atoms in total. The highest BCUT2D eigenvalue weighted by Crippen LogP contribution is 2.11. The fourth-order valence-corrected chi connectivity index (χ4v) is 0.0579. The van der Waals surface area contributed by atoms with E-state index >= 15 is 0 Å². The molecular formula is C2HF3NO2+. The van der Waals surface area contributed by atoms with Crippen molar-refractivity contribution in [2.24, 2.45) is 0 Å². The second kappa shape index (κ2) is 1.89. The van der Waals surface area contributed by atoms with Gasteiger partial charge in [-0.3, -0.25) is 0 Å². The summed E-state index contributed by atoms with van der Waals surface area (Å²) in [4.78, 5) is 18.2. The van der Waals surface area contributed by atoms with Gasteiger partial charge in [0.25, 0.3) is 0 Å². The van der Waals surface area contributed by atoms with Crippen LogP contribution < -0.4 is 5.18 Å². The Morgan fingerprint density at radius 2 is 1.75 bits per heavy atom. The van der Waals surface area contributed by atoms with Crippen molar-refractivity contribution in [2.75, 3.05) is 0 Å². The van der Waals surface area contributed by atoms with Gasteiger partial charge in [-0.15, -0.1) is 0 Å². The van der Waals surface area contributed by atoms with E-state index in [0.717, 1.165) is 0 Å². The van der Waals surface area contributed by atoms with Gasteiger partial charge in [0, 0.05) is 4.91 Å². The van der Waals surface area contributed by atoms with Gasteiger partial charge in [-0.1, -0.05) is 0 Å². The molecule has 0 unspecified atom stereocenters. The van der Waals surface area contributed by atoms with Crippen LogP contribution in [0.15, 0.2) is 0 Å². The van der Waals surface area contributed by atoms with Crippen LogP contribution in [-0.2, 0) is 4.79 Å². The summed E-state index contributed by atoms with van der Waals surface area (Å²) in [6.07, 6.45) is -5.05. The first-order chi connectivity index (χ1) is 3.48. The number of carbonyl (C=O) groups is 1. The average Bonchev–Trinajstić information content (AvgIpc) is 1.62. The number of carbonyl (C=O) groups excluding carboxylic acids is 1. The lowest BCUT2D eigenvalue weighted by molar-refractivity contribution is -0.424. The molecule has 0 fully saturated rings. The molecule has 0 aromatic heterocycles. The van der Waals surface area contributed by atoms with Crippen LogP contribution in [0.5, 0.6) is 0 Å². The number of nitroso groups, excluding NO2 is 1. The average molecular weight is 128 g/mol. The quantitative estimate of drug-likeness (QED) is 0.451. The number of hydrogen-bond acceptors (Lipinski definition) is 2. The summed E-state index contributed by atoms with van der Waals surface area (Å²) in [6.45, 7) is 0. The number of amides is 1. The zero-order valence-corrected chi connectivity index (χ0v) is 3.45. The summed E-state index contributed by atoms with van der Waals surface area (Å²) in [7, 11) is 0. The molecule has 0 spiro atoms. The molecule has 46 valence electrons. The summed E-state index contributed by atoms with van der Waals surface area (Å²) < 4.78 is 32.5. The molecule has 8 heavy (non-hydrogen) atoms. The third-order valence-electron chi connectivity index (χ3n) is 0.350. The molecule has 0 saturated carbocycles. The lowest BCUT2D eigenvalue weighted by Crippen LogP contribution is -2.74. The van der Waals surface area contributed by atoms with Crippen molar-refractivity contribution >= 4 is 5.91 Å². The zero-order chi connectivity index (χ0) is 6.78. The molecule has 0 aliphatic carbocycles. The molecule has 6 heteroatoms. The van der Waals surface area contributed by atoms with Crippen molar-refractivity contribution in [3.8, 4) is 0 Å². The van der Waals surface area contributed by atoms with Crippen molar-refractivity contribution in [3.63, 3.8) is 0 Å². The van der Waals surface area contributed by atoms with Gasteiger partial charge in [0.15, 0.2) is 0 Å². The van der Waals surface area contributed by atoms with Crippen LogP contribution in [0.2, 0.25) is 0 Å². The molecule has 1 amide bonds. The van der Waals surface area contributed by atoms with Crippen molar-refractivity contribution < 1.29 is 23.1 Å². The van der Waals surface area contributed by atoms with Crippen molar-refractivity contribution in [1.29, 1.82) is 0 Å². The monoisotopic (exact) mass is 128 g/mol. The smallest absolute Gasteiger partial charge is 0.204 e. The maximum atomic E-state index is 10.8. The van der Waals surface area contributed by atoms with E-state index in [1.54, 1.807) is 0 Å². The fraction of sp³-hybridized carbons (Fsp3) is 0.500. The Kier molecular flexibility index (Phi) is 1.67. The number of halogens is 3. The number of nitrogens with one attached hydrogen (secondary N) is 1. The minimum Gasteiger partial charge on any atom is -0.204 e. The van der Waals surface area contributed by atoms with Gasteiger partial charge in [0.1, 0.15) is 0 Å². The molecule has 0 rings (SSSR count). The second-order valence-corrected chi connectivity index (χ2v) is 0.929. The standard InChI is InChI=1S/C2F3NO2/c3-2(4,5)1(7)6-8/p+1. The zero-order valence-electron chi connectivity index (χ0n) is 3.45. The van der Waals surface area contributed by atoms with E-state index in [9.17, 15) is 18.0 Å². The molecule has 0 saturated heterocycles. The lowest BCUT2D eigenvalue weighted by Gasteiger charge is -1.88. The van der Waals surface area contributed by atoms with Gasteiger partial charge in [0.2, 0.25) is 0 Å². The largest absolute Gasteiger partial charge is 0.536 e. The van der Waals surface area contributed by atoms with E-state index in [1.165, 1.54) is 0 Å². The van der Waals surface area contributed by atoms with Gasteiger partial charge < -0.3 is 0 Å². The molecule has 0 aromatic carbocycles. The van der Waals surface area contributed by atoms with Gasteiger partial charge in [-0.2, -0.15) is 13.2 Å². The number of alkyl halides is 3. The third-order valence-corrected chi connectivity index (χ3v) is 0.350. The third kappa shape index (κ3) is 1.67. The Bertz CT molecular complexity index is 117. The molecule has 0 aliphatic heterocycles. The Hall–Kier alpha value is -0.940. The predicted molar refractivity (Wildman–Crippen MR) is 15.4 cm³/mol. The summed E-state index contributed by atoms with van der Waals surface area (Å²) in [5.74, 6) is -2.47. The van der Waals surface area contributed by atoms with Crippen LogP contribution >= 0.6 is 0 Å². The van der Waals surface area contributed by atoms with E-state index in [4.69, 9.17) is 4.91 Å². The van der Waals surface area contributed by atoms with Crippen LogP contribution in [-0.4, -0.2) is 12.1 Å². The summed E-state index contributed by atoms with van der Waals surface area (Å²) in [5.41, 5.74) is 0. The molecule has 0 atom stereocenters. The van der Waals surface area contributed by atoms with E-state index < -0.39 is 12.1 Å². The van der Waals surface area contributed by atoms with Crippen LogP contribution in [0.3, 0.4) is 0 Å².